The number of benzene rings is 2. The molecule has 3 aromatic rings. The van der Waals surface area contributed by atoms with E-state index in [0.29, 0.717) is 0 Å². The quantitative estimate of drug-likeness (QED) is 0.583. The number of hydrogen-bond acceptors (Lipinski definition) is 2. The van der Waals surface area contributed by atoms with Crippen LogP contribution < -0.4 is 0 Å². The van der Waals surface area contributed by atoms with Gasteiger partial charge in [0.25, 0.3) is 0 Å². The summed E-state index contributed by atoms with van der Waals surface area (Å²) in [5, 5.41) is 1.30. The first-order valence-electron chi connectivity index (χ1n) is 6.32. The second-order valence-electron chi connectivity index (χ2n) is 3.72. The van der Waals surface area contributed by atoms with E-state index in [0.717, 1.165) is 22.2 Å². The van der Waals surface area contributed by atoms with Crippen LogP contribution in [0.5, 0.6) is 0 Å². The molecular formula is C16H15ClN2. The molecule has 0 N–H and O–H groups in total. The number of aromatic nitrogens is 2. The largest absolute Gasteiger partial charge is 0.223 e. The number of fused-ring (bicyclic) bond motifs is 1. The maximum absolute atomic E-state index is 5.95. The maximum atomic E-state index is 5.95. The van der Waals surface area contributed by atoms with Gasteiger partial charge in [0.05, 0.1) is 11.2 Å². The van der Waals surface area contributed by atoms with Crippen LogP contribution in [0.2, 0.25) is 5.28 Å². The van der Waals surface area contributed by atoms with E-state index >= 15 is 0 Å². The molecule has 0 radical (unpaired) electrons. The van der Waals surface area contributed by atoms with Crippen molar-refractivity contribution in [2.45, 2.75) is 13.8 Å². The maximum Gasteiger partial charge on any atom is 0.223 e. The second kappa shape index (κ2) is 6.30. The van der Waals surface area contributed by atoms with Crippen LogP contribution in [0.1, 0.15) is 13.8 Å². The molecule has 0 aliphatic heterocycles. The van der Waals surface area contributed by atoms with Crippen molar-refractivity contribution in [3.8, 4) is 11.3 Å². The summed E-state index contributed by atoms with van der Waals surface area (Å²) < 4.78 is 0. The van der Waals surface area contributed by atoms with Gasteiger partial charge in [0, 0.05) is 10.9 Å². The Morgan fingerprint density at radius 2 is 1.42 bits per heavy atom. The van der Waals surface area contributed by atoms with Crippen molar-refractivity contribution < 1.29 is 0 Å². The van der Waals surface area contributed by atoms with Crippen LogP contribution in [-0.2, 0) is 0 Å². The zero-order chi connectivity index (χ0) is 13.7. The van der Waals surface area contributed by atoms with Crippen LogP contribution in [0.4, 0.5) is 0 Å². The molecule has 0 bridgehead atoms. The normalized spacial score (nSPS) is 9.84. The first kappa shape index (κ1) is 13.5. The van der Waals surface area contributed by atoms with E-state index in [9.17, 15) is 0 Å². The highest BCUT2D eigenvalue weighted by molar-refractivity contribution is 6.28. The number of halogens is 1. The first-order chi connectivity index (χ1) is 9.34. The van der Waals surface area contributed by atoms with E-state index in [2.05, 4.69) is 9.97 Å². The van der Waals surface area contributed by atoms with Gasteiger partial charge in [-0.2, -0.15) is 0 Å². The molecular weight excluding hydrogens is 256 g/mol. The van der Waals surface area contributed by atoms with Crippen molar-refractivity contribution in [2.75, 3.05) is 0 Å². The molecule has 0 aliphatic carbocycles. The fraction of sp³-hybridized carbons (Fsp3) is 0.125. The van der Waals surface area contributed by atoms with Gasteiger partial charge in [-0.15, -0.1) is 0 Å². The SMILES string of the molecule is CC.Clc1nc(-c2ccccc2)c2ccccc2n1. The van der Waals surface area contributed by atoms with Gasteiger partial charge in [0.15, 0.2) is 0 Å². The molecule has 0 unspecified atom stereocenters. The molecule has 3 heteroatoms. The van der Waals surface area contributed by atoms with Crippen LogP contribution in [0.15, 0.2) is 54.6 Å². The van der Waals surface area contributed by atoms with Crippen molar-refractivity contribution in [2.24, 2.45) is 0 Å². The number of para-hydroxylation sites is 1. The Morgan fingerprint density at radius 3 is 2.16 bits per heavy atom. The first-order valence-corrected chi connectivity index (χ1v) is 6.70. The van der Waals surface area contributed by atoms with E-state index in [4.69, 9.17) is 11.6 Å². The summed E-state index contributed by atoms with van der Waals surface area (Å²) in [5.74, 6) is 0. The summed E-state index contributed by atoms with van der Waals surface area (Å²) in [6.45, 7) is 4.00. The molecule has 0 fully saturated rings. The van der Waals surface area contributed by atoms with Crippen molar-refractivity contribution in [3.05, 3.63) is 59.9 Å². The Morgan fingerprint density at radius 1 is 0.789 bits per heavy atom. The monoisotopic (exact) mass is 270 g/mol. The summed E-state index contributed by atoms with van der Waals surface area (Å²) in [4.78, 5) is 8.54. The van der Waals surface area contributed by atoms with Crippen LogP contribution in [-0.4, -0.2) is 9.97 Å². The minimum atomic E-state index is 0.280. The molecule has 1 heterocycles. The summed E-state index contributed by atoms with van der Waals surface area (Å²) >= 11 is 5.95. The van der Waals surface area contributed by atoms with Gasteiger partial charge >= 0.3 is 0 Å². The third-order valence-corrected chi connectivity index (χ3v) is 2.79. The predicted octanol–water partition coefficient (Wildman–Crippen LogP) is 4.98. The molecule has 0 atom stereocenters. The lowest BCUT2D eigenvalue weighted by Crippen LogP contribution is -1.90. The molecule has 0 amide bonds. The Bertz CT molecular complexity index is 666. The Kier molecular flexibility index (Phi) is 4.48. The van der Waals surface area contributed by atoms with E-state index < -0.39 is 0 Å². The van der Waals surface area contributed by atoms with Gasteiger partial charge < -0.3 is 0 Å². The average Bonchev–Trinajstić information content (AvgIpc) is 2.49. The molecule has 96 valence electrons. The van der Waals surface area contributed by atoms with E-state index in [1.54, 1.807) is 0 Å². The lowest BCUT2D eigenvalue weighted by Gasteiger charge is -2.05. The van der Waals surface area contributed by atoms with Crippen LogP contribution in [0, 0.1) is 0 Å². The Labute approximate surface area is 118 Å². The van der Waals surface area contributed by atoms with E-state index in [-0.39, 0.29) is 5.28 Å². The molecule has 0 saturated heterocycles. The lowest BCUT2D eigenvalue weighted by atomic mass is 10.1. The van der Waals surface area contributed by atoms with Gasteiger partial charge in [0.1, 0.15) is 0 Å². The highest BCUT2D eigenvalue weighted by Gasteiger charge is 2.07. The molecule has 0 spiro atoms. The van der Waals surface area contributed by atoms with Gasteiger partial charge in [0.2, 0.25) is 5.28 Å². The highest BCUT2D eigenvalue weighted by Crippen LogP contribution is 2.26. The summed E-state index contributed by atoms with van der Waals surface area (Å²) in [7, 11) is 0. The van der Waals surface area contributed by atoms with E-state index in [1.165, 1.54) is 0 Å². The molecule has 3 rings (SSSR count). The zero-order valence-corrected chi connectivity index (χ0v) is 11.7. The standard InChI is InChI=1S/C14H9ClN2.C2H6/c15-14-16-12-9-5-4-8-11(12)13(17-14)10-6-2-1-3-7-10;1-2/h1-9H;1-2H3. The van der Waals surface area contributed by atoms with Crippen LogP contribution >= 0.6 is 11.6 Å². The highest BCUT2D eigenvalue weighted by atomic mass is 35.5. The number of rotatable bonds is 1. The minimum Gasteiger partial charge on any atom is -0.218 e. The molecule has 0 aliphatic rings. The van der Waals surface area contributed by atoms with Crippen molar-refractivity contribution in [1.29, 1.82) is 0 Å². The zero-order valence-electron chi connectivity index (χ0n) is 11.0. The third-order valence-electron chi connectivity index (χ3n) is 2.62. The molecule has 19 heavy (non-hydrogen) atoms. The number of nitrogens with zero attached hydrogens (tertiary/aromatic N) is 2. The van der Waals surface area contributed by atoms with E-state index in [1.807, 2.05) is 68.4 Å². The van der Waals surface area contributed by atoms with Gasteiger partial charge in [-0.05, 0) is 17.7 Å². The topological polar surface area (TPSA) is 25.8 Å². The molecule has 2 aromatic carbocycles. The van der Waals surface area contributed by atoms with Crippen LogP contribution in [0.25, 0.3) is 22.2 Å². The molecule has 1 aromatic heterocycles. The lowest BCUT2D eigenvalue weighted by molar-refractivity contribution is 1.22. The Balaban J connectivity index is 0.000000637. The fourth-order valence-corrected chi connectivity index (χ4v) is 2.04. The molecule has 2 nitrogen and oxygen atoms in total. The summed E-state index contributed by atoms with van der Waals surface area (Å²) in [6, 6.07) is 17.9. The summed E-state index contributed by atoms with van der Waals surface area (Å²) in [6.07, 6.45) is 0. The second-order valence-corrected chi connectivity index (χ2v) is 4.06. The van der Waals surface area contributed by atoms with Crippen molar-refractivity contribution >= 4 is 22.5 Å². The fourth-order valence-electron chi connectivity index (χ4n) is 1.86. The Hall–Kier alpha value is -1.93. The van der Waals surface area contributed by atoms with Crippen LogP contribution in [0.3, 0.4) is 0 Å². The van der Waals surface area contributed by atoms with Gasteiger partial charge in [-0.25, -0.2) is 9.97 Å². The smallest absolute Gasteiger partial charge is 0.218 e. The molecule has 0 saturated carbocycles. The van der Waals surface area contributed by atoms with Gasteiger partial charge in [-0.3, -0.25) is 0 Å². The summed E-state index contributed by atoms with van der Waals surface area (Å²) in [5.41, 5.74) is 2.79. The van der Waals surface area contributed by atoms with Crippen molar-refractivity contribution in [3.63, 3.8) is 0 Å². The van der Waals surface area contributed by atoms with Crippen molar-refractivity contribution in [1.82, 2.24) is 9.97 Å². The third kappa shape index (κ3) is 2.91. The average molecular weight is 271 g/mol. The number of hydrogen-bond donors (Lipinski definition) is 0. The van der Waals surface area contributed by atoms with Gasteiger partial charge in [-0.1, -0.05) is 62.4 Å². The minimum absolute atomic E-state index is 0.280. The predicted molar refractivity (Wildman–Crippen MR) is 81.3 cm³/mol.